The zero-order valence-corrected chi connectivity index (χ0v) is 21.7. The van der Waals surface area contributed by atoms with E-state index in [4.69, 9.17) is 10.8 Å². The van der Waals surface area contributed by atoms with Gasteiger partial charge in [-0.25, -0.2) is 15.0 Å². The standard InChI is InChI=1S/C28H36N8O2/c29-8-6-25-5-2-10-36(25)28-31-17-23(18-32-28)22-7-9-30-26(16-22)33-24-4-1-3-21(15-24)19-34-11-13-35(14-12-34)20-27(37)38/h1,3-4,7,9,15-18,25H,2,5-6,8,10-14,19-20,29H2,(H,30,33)(H,37,38). The summed E-state index contributed by atoms with van der Waals surface area (Å²) in [7, 11) is 0. The van der Waals surface area contributed by atoms with Crippen LogP contribution >= 0.6 is 0 Å². The van der Waals surface area contributed by atoms with Crippen LogP contribution in [0.15, 0.2) is 55.0 Å². The van der Waals surface area contributed by atoms with E-state index in [0.717, 1.165) is 87.1 Å². The molecule has 2 aromatic heterocycles. The van der Waals surface area contributed by atoms with Crippen LogP contribution in [0.2, 0.25) is 0 Å². The van der Waals surface area contributed by atoms with Crippen molar-refractivity contribution in [1.29, 1.82) is 0 Å². The number of hydrogen-bond acceptors (Lipinski definition) is 9. The first-order valence-electron chi connectivity index (χ1n) is 13.3. The summed E-state index contributed by atoms with van der Waals surface area (Å²) >= 11 is 0. The molecule has 1 atom stereocenters. The number of aliphatic carboxylic acids is 1. The molecule has 0 bridgehead atoms. The highest BCUT2D eigenvalue weighted by Crippen LogP contribution is 2.27. The van der Waals surface area contributed by atoms with Crippen LogP contribution in [-0.2, 0) is 11.3 Å². The number of anilines is 3. The number of pyridine rings is 1. The van der Waals surface area contributed by atoms with Crippen LogP contribution in [0.25, 0.3) is 11.1 Å². The van der Waals surface area contributed by atoms with E-state index in [2.05, 4.69) is 42.2 Å². The molecule has 10 heteroatoms. The van der Waals surface area contributed by atoms with Crippen molar-refractivity contribution in [2.45, 2.75) is 31.8 Å². The van der Waals surface area contributed by atoms with E-state index >= 15 is 0 Å². The van der Waals surface area contributed by atoms with E-state index in [1.165, 1.54) is 5.56 Å². The van der Waals surface area contributed by atoms with Gasteiger partial charge in [0, 0.05) is 75.2 Å². The van der Waals surface area contributed by atoms with Crippen molar-refractivity contribution in [2.75, 3.05) is 56.0 Å². The van der Waals surface area contributed by atoms with Gasteiger partial charge in [-0.1, -0.05) is 12.1 Å². The number of benzene rings is 1. The lowest BCUT2D eigenvalue weighted by atomic mass is 10.1. The summed E-state index contributed by atoms with van der Waals surface area (Å²) in [5.74, 6) is 0.767. The Morgan fingerprint density at radius 3 is 2.55 bits per heavy atom. The highest BCUT2D eigenvalue weighted by molar-refractivity contribution is 5.69. The monoisotopic (exact) mass is 516 g/mol. The second kappa shape index (κ2) is 12.3. The van der Waals surface area contributed by atoms with Gasteiger partial charge in [-0.2, -0.15) is 0 Å². The normalized spacial score (nSPS) is 18.6. The van der Waals surface area contributed by atoms with E-state index in [9.17, 15) is 4.79 Å². The summed E-state index contributed by atoms with van der Waals surface area (Å²) in [5, 5.41) is 12.4. The second-order valence-electron chi connectivity index (χ2n) is 10.0. The Bertz CT molecular complexity index is 1210. The summed E-state index contributed by atoms with van der Waals surface area (Å²) in [5.41, 5.74) is 9.92. The lowest BCUT2D eigenvalue weighted by Crippen LogP contribution is -2.47. The molecule has 38 heavy (non-hydrogen) atoms. The predicted octanol–water partition coefficient (Wildman–Crippen LogP) is 2.80. The highest BCUT2D eigenvalue weighted by atomic mass is 16.4. The maximum atomic E-state index is 10.9. The molecular formula is C28H36N8O2. The maximum absolute atomic E-state index is 10.9. The molecule has 1 aromatic carbocycles. The summed E-state index contributed by atoms with van der Waals surface area (Å²) < 4.78 is 0. The van der Waals surface area contributed by atoms with Crippen molar-refractivity contribution >= 4 is 23.4 Å². The Kier molecular flexibility index (Phi) is 8.42. The van der Waals surface area contributed by atoms with Crippen LogP contribution < -0.4 is 16.0 Å². The number of nitrogens with two attached hydrogens (primary N) is 1. The van der Waals surface area contributed by atoms with Crippen molar-refractivity contribution in [3.63, 3.8) is 0 Å². The van der Waals surface area contributed by atoms with Crippen molar-refractivity contribution in [3.05, 3.63) is 60.6 Å². The molecular weight excluding hydrogens is 480 g/mol. The van der Waals surface area contributed by atoms with Gasteiger partial charge in [0.1, 0.15) is 5.82 Å². The average molecular weight is 517 g/mol. The maximum Gasteiger partial charge on any atom is 0.317 e. The van der Waals surface area contributed by atoms with Gasteiger partial charge in [0.2, 0.25) is 5.95 Å². The molecule has 2 aliphatic heterocycles. The van der Waals surface area contributed by atoms with E-state index in [1.807, 2.05) is 41.6 Å². The van der Waals surface area contributed by atoms with Gasteiger partial charge in [-0.3, -0.25) is 14.6 Å². The van der Waals surface area contributed by atoms with Gasteiger partial charge in [0.05, 0.1) is 6.54 Å². The van der Waals surface area contributed by atoms with Crippen molar-refractivity contribution in [3.8, 4) is 11.1 Å². The van der Waals surface area contributed by atoms with Crippen molar-refractivity contribution in [2.24, 2.45) is 5.73 Å². The summed E-state index contributed by atoms with van der Waals surface area (Å²) in [6.07, 6.45) is 8.83. The first-order chi connectivity index (χ1) is 18.6. The second-order valence-corrected chi connectivity index (χ2v) is 10.0. The minimum atomic E-state index is -0.766. The molecule has 0 spiro atoms. The number of carboxylic acids is 1. The van der Waals surface area contributed by atoms with Gasteiger partial charge in [0.15, 0.2) is 0 Å². The van der Waals surface area contributed by atoms with Crippen LogP contribution in [-0.4, -0.2) is 87.7 Å². The highest BCUT2D eigenvalue weighted by Gasteiger charge is 2.25. The average Bonchev–Trinajstić information content (AvgIpc) is 3.39. The Balaban J connectivity index is 1.20. The molecule has 2 aliphatic rings. The quantitative estimate of drug-likeness (QED) is 0.371. The van der Waals surface area contributed by atoms with Crippen molar-refractivity contribution in [1.82, 2.24) is 24.8 Å². The fourth-order valence-corrected chi connectivity index (χ4v) is 5.34. The SMILES string of the molecule is NCCC1CCCN1c1ncc(-c2ccnc(Nc3cccc(CN4CCN(CC(=O)O)CC4)c3)c2)cn1. The number of piperazine rings is 1. The van der Waals surface area contributed by atoms with E-state index in [0.29, 0.717) is 12.6 Å². The third kappa shape index (κ3) is 6.63. The molecule has 5 rings (SSSR count). The largest absolute Gasteiger partial charge is 0.480 e. The van der Waals surface area contributed by atoms with Gasteiger partial charge < -0.3 is 21.1 Å². The summed E-state index contributed by atoms with van der Waals surface area (Å²) in [6.45, 7) is 5.88. The first kappa shape index (κ1) is 26.0. The van der Waals surface area contributed by atoms with E-state index in [1.54, 1.807) is 6.20 Å². The number of carboxylic acid groups (broad SMARTS) is 1. The minimum absolute atomic E-state index is 0.114. The molecule has 10 nitrogen and oxygen atoms in total. The number of aromatic nitrogens is 3. The lowest BCUT2D eigenvalue weighted by Gasteiger charge is -2.33. The molecule has 3 aromatic rings. The van der Waals surface area contributed by atoms with Crippen LogP contribution in [0, 0.1) is 0 Å². The summed E-state index contributed by atoms with van der Waals surface area (Å²) in [6, 6.07) is 12.8. The zero-order chi connectivity index (χ0) is 26.3. The molecule has 0 amide bonds. The Morgan fingerprint density at radius 1 is 1.00 bits per heavy atom. The number of nitrogens with one attached hydrogen (secondary N) is 1. The van der Waals surface area contributed by atoms with Crippen LogP contribution in [0.4, 0.5) is 17.5 Å². The number of carbonyl (C=O) groups is 1. The molecule has 0 radical (unpaired) electrons. The molecule has 4 heterocycles. The topological polar surface area (TPSA) is 124 Å². The minimum Gasteiger partial charge on any atom is -0.480 e. The Labute approximate surface area is 223 Å². The third-order valence-corrected chi connectivity index (χ3v) is 7.29. The van der Waals surface area contributed by atoms with Gasteiger partial charge in [-0.05, 0) is 61.2 Å². The fraction of sp³-hybridized carbons (Fsp3) is 0.429. The van der Waals surface area contributed by atoms with Crippen LogP contribution in [0.3, 0.4) is 0 Å². The summed E-state index contributed by atoms with van der Waals surface area (Å²) in [4.78, 5) is 31.4. The van der Waals surface area contributed by atoms with Gasteiger partial charge >= 0.3 is 5.97 Å². The smallest absolute Gasteiger partial charge is 0.317 e. The molecule has 1 unspecified atom stereocenters. The Hall–Kier alpha value is -3.60. The number of hydrogen-bond donors (Lipinski definition) is 3. The van der Waals surface area contributed by atoms with Gasteiger partial charge in [0.25, 0.3) is 0 Å². The molecule has 0 saturated carbocycles. The van der Waals surface area contributed by atoms with Crippen LogP contribution in [0.1, 0.15) is 24.8 Å². The third-order valence-electron chi connectivity index (χ3n) is 7.29. The van der Waals surface area contributed by atoms with E-state index in [-0.39, 0.29) is 6.54 Å². The first-order valence-corrected chi connectivity index (χ1v) is 13.3. The fourth-order valence-electron chi connectivity index (χ4n) is 5.34. The molecule has 2 fully saturated rings. The van der Waals surface area contributed by atoms with E-state index < -0.39 is 5.97 Å². The van der Waals surface area contributed by atoms with Crippen molar-refractivity contribution < 1.29 is 9.90 Å². The lowest BCUT2D eigenvalue weighted by molar-refractivity contribution is -0.138. The number of rotatable bonds is 10. The predicted molar refractivity (Wildman–Crippen MR) is 148 cm³/mol. The van der Waals surface area contributed by atoms with Gasteiger partial charge in [-0.15, -0.1) is 0 Å². The Morgan fingerprint density at radius 2 is 1.79 bits per heavy atom. The molecule has 0 aliphatic carbocycles. The zero-order valence-electron chi connectivity index (χ0n) is 21.7. The molecule has 200 valence electrons. The molecule has 4 N–H and O–H groups in total. The molecule has 2 saturated heterocycles. The number of nitrogens with zero attached hydrogens (tertiary/aromatic N) is 6. The van der Waals surface area contributed by atoms with Crippen LogP contribution in [0.5, 0.6) is 0 Å².